The molecular formula is C17H28N4OS. The van der Waals surface area contributed by atoms with E-state index in [4.69, 9.17) is 0 Å². The molecule has 0 saturated carbocycles. The summed E-state index contributed by atoms with van der Waals surface area (Å²) >= 11 is 2.07. The topological polar surface area (TPSA) is 41.4 Å². The molecule has 5 nitrogen and oxygen atoms in total. The molecule has 23 heavy (non-hydrogen) atoms. The summed E-state index contributed by atoms with van der Waals surface area (Å²) in [5, 5.41) is 4.46. The Morgan fingerprint density at radius 1 is 1.26 bits per heavy atom. The number of piperazine rings is 1. The van der Waals surface area contributed by atoms with Crippen LogP contribution in [0.15, 0.2) is 6.20 Å². The summed E-state index contributed by atoms with van der Waals surface area (Å²) in [5.41, 5.74) is 1.64. The van der Waals surface area contributed by atoms with E-state index in [9.17, 15) is 4.79 Å². The Labute approximate surface area is 143 Å². The van der Waals surface area contributed by atoms with Crippen molar-refractivity contribution in [3.63, 3.8) is 0 Å². The highest BCUT2D eigenvalue weighted by Crippen LogP contribution is 2.23. The predicted molar refractivity (Wildman–Crippen MR) is 95.1 cm³/mol. The quantitative estimate of drug-likeness (QED) is 0.846. The van der Waals surface area contributed by atoms with Gasteiger partial charge in [0, 0.05) is 45.0 Å². The van der Waals surface area contributed by atoms with Crippen LogP contribution in [-0.2, 0) is 6.54 Å². The molecule has 0 bridgehead atoms. The molecule has 2 aliphatic heterocycles. The van der Waals surface area contributed by atoms with E-state index >= 15 is 0 Å². The smallest absolute Gasteiger partial charge is 0.257 e. The van der Waals surface area contributed by atoms with Crippen LogP contribution in [0.3, 0.4) is 0 Å². The summed E-state index contributed by atoms with van der Waals surface area (Å²) in [6.07, 6.45) is 5.57. The molecule has 0 aromatic carbocycles. The van der Waals surface area contributed by atoms with Crippen molar-refractivity contribution in [3.8, 4) is 0 Å². The molecular weight excluding hydrogens is 308 g/mol. The van der Waals surface area contributed by atoms with Crippen LogP contribution >= 0.6 is 11.8 Å². The number of hydrogen-bond donors (Lipinski definition) is 0. The maximum absolute atomic E-state index is 12.8. The minimum atomic E-state index is 0.156. The maximum atomic E-state index is 12.8. The van der Waals surface area contributed by atoms with Crippen LogP contribution < -0.4 is 0 Å². The fourth-order valence-electron chi connectivity index (χ4n) is 3.58. The van der Waals surface area contributed by atoms with Crippen LogP contribution in [0, 0.1) is 6.92 Å². The van der Waals surface area contributed by atoms with E-state index in [1.165, 1.54) is 24.3 Å². The monoisotopic (exact) mass is 336 g/mol. The van der Waals surface area contributed by atoms with Crippen LogP contribution in [0.25, 0.3) is 0 Å². The molecule has 0 spiro atoms. The lowest BCUT2D eigenvalue weighted by Gasteiger charge is -2.40. The Morgan fingerprint density at radius 3 is 2.61 bits per heavy atom. The number of rotatable bonds is 4. The third-order valence-electron chi connectivity index (χ3n) is 4.94. The first kappa shape index (κ1) is 16.8. The molecule has 0 radical (unpaired) electrons. The molecule has 3 rings (SSSR count). The summed E-state index contributed by atoms with van der Waals surface area (Å²) in [5.74, 6) is 2.74. The normalized spacial score (nSPS) is 20.9. The van der Waals surface area contributed by atoms with E-state index < -0.39 is 0 Å². The zero-order valence-corrected chi connectivity index (χ0v) is 15.1. The molecule has 0 N–H and O–H groups in total. The number of nitrogens with zero attached hydrogens (tertiary/aromatic N) is 4. The van der Waals surface area contributed by atoms with Gasteiger partial charge >= 0.3 is 0 Å². The van der Waals surface area contributed by atoms with Gasteiger partial charge in [0.1, 0.15) is 0 Å². The standard InChI is InChI=1S/C17H28N4OS/c1-3-6-21-13-16(14(2)18-21)17(22)20-9-7-19(8-10-20)15-4-11-23-12-5-15/h13,15H,3-12H2,1-2H3. The third-order valence-corrected chi connectivity index (χ3v) is 5.99. The Bertz CT molecular complexity index is 531. The Morgan fingerprint density at radius 2 is 1.96 bits per heavy atom. The molecule has 2 saturated heterocycles. The average molecular weight is 337 g/mol. The highest BCUT2D eigenvalue weighted by atomic mass is 32.2. The number of hydrogen-bond acceptors (Lipinski definition) is 4. The van der Waals surface area contributed by atoms with Gasteiger partial charge in [-0.15, -0.1) is 0 Å². The molecule has 1 aromatic rings. The van der Waals surface area contributed by atoms with Crippen molar-refractivity contribution in [2.24, 2.45) is 0 Å². The van der Waals surface area contributed by atoms with E-state index in [2.05, 4.69) is 28.7 Å². The molecule has 128 valence electrons. The Hall–Kier alpha value is -1.01. The van der Waals surface area contributed by atoms with E-state index in [1.54, 1.807) is 0 Å². The first-order valence-corrected chi connectivity index (χ1v) is 9.99. The number of aromatic nitrogens is 2. The van der Waals surface area contributed by atoms with Crippen molar-refractivity contribution in [1.29, 1.82) is 0 Å². The number of amides is 1. The van der Waals surface area contributed by atoms with Gasteiger partial charge in [0.15, 0.2) is 0 Å². The van der Waals surface area contributed by atoms with Crippen molar-refractivity contribution in [1.82, 2.24) is 19.6 Å². The van der Waals surface area contributed by atoms with Crippen molar-refractivity contribution >= 4 is 17.7 Å². The second-order valence-corrected chi connectivity index (χ2v) is 7.79. The third kappa shape index (κ3) is 3.91. The fraction of sp³-hybridized carbons (Fsp3) is 0.765. The van der Waals surface area contributed by atoms with Gasteiger partial charge in [-0.3, -0.25) is 14.4 Å². The van der Waals surface area contributed by atoms with Crippen LogP contribution in [0.5, 0.6) is 0 Å². The molecule has 1 aromatic heterocycles. The highest BCUT2D eigenvalue weighted by Gasteiger charge is 2.28. The van der Waals surface area contributed by atoms with E-state index in [1.807, 2.05) is 22.7 Å². The van der Waals surface area contributed by atoms with Crippen molar-refractivity contribution < 1.29 is 4.79 Å². The summed E-state index contributed by atoms with van der Waals surface area (Å²) < 4.78 is 1.90. The maximum Gasteiger partial charge on any atom is 0.257 e. The van der Waals surface area contributed by atoms with Crippen molar-refractivity contribution in [3.05, 3.63) is 17.5 Å². The highest BCUT2D eigenvalue weighted by molar-refractivity contribution is 7.99. The molecule has 3 heterocycles. The van der Waals surface area contributed by atoms with Crippen molar-refractivity contribution in [2.45, 2.75) is 45.7 Å². The number of carbonyl (C=O) groups excluding carboxylic acids is 1. The minimum Gasteiger partial charge on any atom is -0.336 e. The molecule has 0 unspecified atom stereocenters. The van der Waals surface area contributed by atoms with Gasteiger partial charge < -0.3 is 4.90 Å². The summed E-state index contributed by atoms with van der Waals surface area (Å²) in [6.45, 7) is 8.67. The molecule has 2 aliphatic rings. The second kappa shape index (κ2) is 7.71. The number of carbonyl (C=O) groups is 1. The largest absolute Gasteiger partial charge is 0.336 e. The van der Waals surface area contributed by atoms with Gasteiger partial charge in [-0.25, -0.2) is 0 Å². The van der Waals surface area contributed by atoms with Gasteiger partial charge in [0.05, 0.1) is 11.3 Å². The molecule has 0 aliphatic carbocycles. The van der Waals surface area contributed by atoms with Gasteiger partial charge in [-0.2, -0.15) is 16.9 Å². The first-order chi connectivity index (χ1) is 11.2. The van der Waals surface area contributed by atoms with Crippen LogP contribution in [-0.4, -0.2) is 69.2 Å². The van der Waals surface area contributed by atoms with Crippen molar-refractivity contribution in [2.75, 3.05) is 37.7 Å². The number of aryl methyl sites for hydroxylation is 2. The van der Waals surface area contributed by atoms with Gasteiger partial charge in [0.2, 0.25) is 0 Å². The molecule has 0 atom stereocenters. The lowest BCUT2D eigenvalue weighted by molar-refractivity contribution is 0.0558. The van der Waals surface area contributed by atoms with Crippen LogP contribution in [0.2, 0.25) is 0 Å². The van der Waals surface area contributed by atoms with Crippen LogP contribution in [0.1, 0.15) is 42.2 Å². The SMILES string of the molecule is CCCn1cc(C(=O)N2CCN(C3CCSCC3)CC2)c(C)n1. The Balaban J connectivity index is 1.57. The summed E-state index contributed by atoms with van der Waals surface area (Å²) in [7, 11) is 0. The molecule has 1 amide bonds. The molecule has 6 heteroatoms. The summed E-state index contributed by atoms with van der Waals surface area (Å²) in [4.78, 5) is 17.4. The van der Waals surface area contributed by atoms with E-state index in [-0.39, 0.29) is 5.91 Å². The van der Waals surface area contributed by atoms with E-state index in [0.717, 1.165) is 56.4 Å². The van der Waals surface area contributed by atoms with Gasteiger partial charge in [-0.05, 0) is 37.7 Å². The van der Waals surface area contributed by atoms with Gasteiger partial charge in [0.25, 0.3) is 5.91 Å². The molecule has 2 fully saturated rings. The van der Waals surface area contributed by atoms with E-state index in [0.29, 0.717) is 0 Å². The Kier molecular flexibility index (Phi) is 5.64. The first-order valence-electron chi connectivity index (χ1n) is 8.84. The lowest BCUT2D eigenvalue weighted by Crippen LogP contribution is -2.52. The summed E-state index contributed by atoms with van der Waals surface area (Å²) in [6, 6.07) is 0.738. The van der Waals surface area contributed by atoms with Gasteiger partial charge in [-0.1, -0.05) is 6.92 Å². The minimum absolute atomic E-state index is 0.156. The lowest BCUT2D eigenvalue weighted by atomic mass is 10.1. The number of thioether (sulfide) groups is 1. The second-order valence-electron chi connectivity index (χ2n) is 6.56. The predicted octanol–water partition coefficient (Wildman–Crippen LogP) is 2.25. The fourth-order valence-corrected chi connectivity index (χ4v) is 4.66. The average Bonchev–Trinajstić information content (AvgIpc) is 2.96. The van der Waals surface area contributed by atoms with Crippen LogP contribution in [0.4, 0.5) is 0 Å². The zero-order valence-electron chi connectivity index (χ0n) is 14.3. The zero-order chi connectivity index (χ0) is 16.2.